The maximum absolute atomic E-state index is 2.43. The van der Waals surface area contributed by atoms with Gasteiger partial charge in [-0.25, -0.2) is 0 Å². The van der Waals surface area contributed by atoms with Crippen molar-refractivity contribution in [2.45, 2.75) is 19.6 Å². The number of aromatic nitrogens is 1. The molecule has 0 spiro atoms. The SMILES string of the molecule is c1ccc(-c2cccc3c2-c2ccccc2Sc2ccccc2-c2ccc(-c4cccc5c6ccccc6n(-c6ccccc6)c45)cc2S3)cc1. The zero-order valence-electron chi connectivity index (χ0n) is 27.7. The van der Waals surface area contributed by atoms with Gasteiger partial charge < -0.3 is 4.57 Å². The van der Waals surface area contributed by atoms with Crippen molar-refractivity contribution in [3.8, 4) is 50.2 Å². The molecular formula is C48H31NS2. The van der Waals surface area contributed by atoms with Crippen molar-refractivity contribution in [2.75, 3.05) is 0 Å². The lowest BCUT2D eigenvalue weighted by Gasteiger charge is -2.22. The van der Waals surface area contributed by atoms with Crippen LogP contribution in [-0.2, 0) is 0 Å². The van der Waals surface area contributed by atoms with Crippen LogP contribution < -0.4 is 0 Å². The van der Waals surface area contributed by atoms with E-state index in [1.54, 1.807) is 0 Å². The number of rotatable bonds is 3. The molecule has 1 nitrogen and oxygen atoms in total. The van der Waals surface area contributed by atoms with E-state index in [1.807, 2.05) is 23.5 Å². The largest absolute Gasteiger partial charge is 0.309 e. The van der Waals surface area contributed by atoms with E-state index in [9.17, 15) is 0 Å². The van der Waals surface area contributed by atoms with Crippen LogP contribution >= 0.6 is 23.5 Å². The van der Waals surface area contributed by atoms with Crippen LogP contribution in [0.4, 0.5) is 0 Å². The van der Waals surface area contributed by atoms with Gasteiger partial charge in [0.2, 0.25) is 0 Å². The van der Waals surface area contributed by atoms with Crippen molar-refractivity contribution in [1.82, 2.24) is 4.57 Å². The Morgan fingerprint density at radius 1 is 0.333 bits per heavy atom. The summed E-state index contributed by atoms with van der Waals surface area (Å²) >= 11 is 3.74. The van der Waals surface area contributed by atoms with Crippen LogP contribution in [0.15, 0.2) is 208 Å². The van der Waals surface area contributed by atoms with Crippen LogP contribution in [0.5, 0.6) is 0 Å². The molecule has 8 aromatic carbocycles. The predicted octanol–water partition coefficient (Wildman–Crippen LogP) is 14.1. The van der Waals surface area contributed by atoms with Crippen LogP contribution in [0, 0.1) is 0 Å². The lowest BCUT2D eigenvalue weighted by Crippen LogP contribution is -1.96. The van der Waals surface area contributed by atoms with E-state index >= 15 is 0 Å². The number of para-hydroxylation sites is 3. The first-order chi connectivity index (χ1) is 25.3. The molecule has 9 aromatic rings. The van der Waals surface area contributed by atoms with Gasteiger partial charge in [0.1, 0.15) is 0 Å². The molecule has 1 aromatic heterocycles. The third-order valence-electron chi connectivity index (χ3n) is 9.89. The monoisotopic (exact) mass is 685 g/mol. The zero-order valence-corrected chi connectivity index (χ0v) is 29.3. The molecule has 240 valence electrons. The Morgan fingerprint density at radius 2 is 0.902 bits per heavy atom. The minimum absolute atomic E-state index is 1.16. The fourth-order valence-electron chi connectivity index (χ4n) is 7.62. The zero-order chi connectivity index (χ0) is 33.7. The predicted molar refractivity (Wildman–Crippen MR) is 217 cm³/mol. The highest BCUT2D eigenvalue weighted by atomic mass is 32.2. The number of hydrogen-bond acceptors (Lipinski definition) is 2. The number of hydrogen-bond donors (Lipinski definition) is 0. The lowest BCUT2D eigenvalue weighted by atomic mass is 9.94. The van der Waals surface area contributed by atoms with Gasteiger partial charge in [0.05, 0.1) is 11.0 Å². The summed E-state index contributed by atoms with van der Waals surface area (Å²) < 4.78 is 2.43. The molecule has 0 radical (unpaired) electrons. The molecule has 0 unspecified atom stereocenters. The molecule has 0 atom stereocenters. The number of benzene rings is 8. The first-order valence-corrected chi connectivity index (χ1v) is 18.9. The smallest absolute Gasteiger partial charge is 0.0619 e. The molecule has 0 amide bonds. The maximum atomic E-state index is 2.43. The molecular weight excluding hydrogens is 655 g/mol. The van der Waals surface area contributed by atoms with Gasteiger partial charge in [-0.3, -0.25) is 0 Å². The van der Waals surface area contributed by atoms with E-state index < -0.39 is 0 Å². The Labute approximate surface area is 306 Å². The van der Waals surface area contributed by atoms with Crippen LogP contribution in [0.1, 0.15) is 0 Å². The molecule has 0 bridgehead atoms. The van der Waals surface area contributed by atoms with E-state index in [4.69, 9.17) is 0 Å². The Morgan fingerprint density at radius 3 is 1.75 bits per heavy atom. The van der Waals surface area contributed by atoms with Crippen molar-refractivity contribution in [2.24, 2.45) is 0 Å². The van der Waals surface area contributed by atoms with E-state index in [1.165, 1.54) is 85.9 Å². The normalized spacial score (nSPS) is 12.2. The summed E-state index contributed by atoms with van der Waals surface area (Å²) in [5.41, 5.74) is 13.5. The van der Waals surface area contributed by atoms with Crippen molar-refractivity contribution in [3.63, 3.8) is 0 Å². The first-order valence-electron chi connectivity index (χ1n) is 17.3. The van der Waals surface area contributed by atoms with E-state index in [0.717, 1.165) is 5.69 Å². The Bertz CT molecular complexity index is 2740. The average molecular weight is 686 g/mol. The van der Waals surface area contributed by atoms with Gasteiger partial charge >= 0.3 is 0 Å². The van der Waals surface area contributed by atoms with Gasteiger partial charge in [-0.1, -0.05) is 169 Å². The summed E-state index contributed by atoms with van der Waals surface area (Å²) in [6.07, 6.45) is 0. The van der Waals surface area contributed by atoms with Crippen molar-refractivity contribution < 1.29 is 0 Å². The highest BCUT2D eigenvalue weighted by molar-refractivity contribution is 8.00. The molecule has 2 heterocycles. The number of nitrogens with zero attached hydrogens (tertiary/aromatic N) is 1. The second-order valence-electron chi connectivity index (χ2n) is 12.8. The van der Waals surface area contributed by atoms with Gasteiger partial charge in [0, 0.05) is 47.2 Å². The minimum atomic E-state index is 1.16. The van der Waals surface area contributed by atoms with Gasteiger partial charge in [-0.2, -0.15) is 0 Å². The first kappa shape index (κ1) is 30.1. The van der Waals surface area contributed by atoms with Gasteiger partial charge in [0.25, 0.3) is 0 Å². The molecule has 10 rings (SSSR count). The summed E-state index contributed by atoms with van der Waals surface area (Å²) in [7, 11) is 0. The topological polar surface area (TPSA) is 4.93 Å². The fraction of sp³-hybridized carbons (Fsp3) is 0. The molecule has 51 heavy (non-hydrogen) atoms. The Hall–Kier alpha value is -5.74. The molecule has 0 fully saturated rings. The Kier molecular flexibility index (Phi) is 7.41. The molecule has 1 aliphatic rings. The quantitative estimate of drug-likeness (QED) is 0.182. The van der Waals surface area contributed by atoms with Crippen molar-refractivity contribution in [3.05, 3.63) is 188 Å². The summed E-state index contributed by atoms with van der Waals surface area (Å²) in [6, 6.07) is 68.8. The van der Waals surface area contributed by atoms with Crippen LogP contribution in [0.3, 0.4) is 0 Å². The van der Waals surface area contributed by atoms with E-state index in [0.29, 0.717) is 0 Å². The van der Waals surface area contributed by atoms with Crippen LogP contribution in [0.25, 0.3) is 72.0 Å². The highest BCUT2D eigenvalue weighted by Crippen LogP contribution is 2.52. The van der Waals surface area contributed by atoms with Crippen molar-refractivity contribution in [1.29, 1.82) is 0 Å². The van der Waals surface area contributed by atoms with Gasteiger partial charge in [-0.05, 0) is 75.8 Å². The third-order valence-corrected chi connectivity index (χ3v) is 12.2. The molecule has 0 aliphatic carbocycles. The minimum Gasteiger partial charge on any atom is -0.309 e. The third kappa shape index (κ3) is 5.12. The lowest BCUT2D eigenvalue weighted by molar-refractivity contribution is 1.18. The van der Waals surface area contributed by atoms with Gasteiger partial charge in [0.15, 0.2) is 0 Å². The second-order valence-corrected chi connectivity index (χ2v) is 15.0. The van der Waals surface area contributed by atoms with E-state index in [2.05, 4.69) is 193 Å². The molecule has 1 aliphatic heterocycles. The molecule has 0 saturated heterocycles. The van der Waals surface area contributed by atoms with Crippen LogP contribution in [-0.4, -0.2) is 4.57 Å². The summed E-state index contributed by atoms with van der Waals surface area (Å²) in [5, 5.41) is 2.52. The van der Waals surface area contributed by atoms with Crippen molar-refractivity contribution >= 4 is 45.3 Å². The maximum Gasteiger partial charge on any atom is 0.0619 e. The fourth-order valence-corrected chi connectivity index (χ4v) is 9.90. The summed E-state index contributed by atoms with van der Waals surface area (Å²) in [4.78, 5) is 5.01. The standard InChI is InChI=1S/C48H31NS2/c1-3-15-32(16-4-1)35-22-14-28-45-47(35)41-21-9-12-27-44(41)50-43-26-11-8-20-38(43)39-30-29-33(31-46(39)51-45)36-23-13-24-40-37-19-7-10-25-42(37)49(48(36)40)34-17-5-2-6-18-34/h1-31H. The van der Waals surface area contributed by atoms with Gasteiger partial charge in [-0.15, -0.1) is 0 Å². The van der Waals surface area contributed by atoms with Crippen LogP contribution in [0.2, 0.25) is 0 Å². The van der Waals surface area contributed by atoms with E-state index in [-0.39, 0.29) is 0 Å². The average Bonchev–Trinajstić information content (AvgIpc) is 3.54. The summed E-state index contributed by atoms with van der Waals surface area (Å²) in [5.74, 6) is 0. The molecule has 0 N–H and O–H groups in total. The molecule has 0 saturated carbocycles. The molecule has 3 heteroatoms. The second kappa shape index (κ2) is 12.5. The Balaban J connectivity index is 1.25. The summed E-state index contributed by atoms with van der Waals surface area (Å²) in [6.45, 7) is 0. The number of fused-ring (bicyclic) bond motifs is 9. The highest BCUT2D eigenvalue weighted by Gasteiger charge is 2.23.